The van der Waals surface area contributed by atoms with Crippen molar-refractivity contribution in [1.29, 1.82) is 0 Å². The second-order valence-corrected chi connectivity index (χ2v) is 10.1. The smallest absolute Gasteiger partial charge is 0.255 e. The van der Waals surface area contributed by atoms with Crippen molar-refractivity contribution in [2.75, 3.05) is 18.4 Å². The number of anilines is 1. The molecule has 0 bridgehead atoms. The summed E-state index contributed by atoms with van der Waals surface area (Å²) in [7, 11) is -3.59. The van der Waals surface area contributed by atoms with Crippen LogP contribution in [-0.4, -0.2) is 36.7 Å². The van der Waals surface area contributed by atoms with Gasteiger partial charge in [-0.15, -0.1) is 0 Å². The van der Waals surface area contributed by atoms with E-state index in [1.807, 2.05) is 43.3 Å². The van der Waals surface area contributed by atoms with Gasteiger partial charge in [0.25, 0.3) is 5.91 Å². The first-order valence-electron chi connectivity index (χ1n) is 10.8. The molecule has 0 unspecified atom stereocenters. The molecule has 0 spiro atoms. The monoisotopic (exact) mass is 449 g/mol. The molecule has 0 radical (unpaired) electrons. The molecule has 1 saturated heterocycles. The molecular weight excluding hydrogens is 422 g/mol. The van der Waals surface area contributed by atoms with E-state index in [1.54, 1.807) is 24.5 Å². The summed E-state index contributed by atoms with van der Waals surface area (Å²) in [5.74, 6) is -0.319. The zero-order chi connectivity index (χ0) is 22.6. The molecule has 1 aromatic heterocycles. The highest BCUT2D eigenvalue weighted by atomic mass is 32.2. The number of nitrogens with zero attached hydrogens (tertiary/aromatic N) is 2. The summed E-state index contributed by atoms with van der Waals surface area (Å²) in [5, 5.41) is 2.89. The predicted molar refractivity (Wildman–Crippen MR) is 125 cm³/mol. The number of sulfonamides is 1. The summed E-state index contributed by atoms with van der Waals surface area (Å²) < 4.78 is 27.5. The molecule has 2 aromatic carbocycles. The number of hydrogen-bond acceptors (Lipinski definition) is 4. The van der Waals surface area contributed by atoms with Gasteiger partial charge in [-0.1, -0.05) is 24.6 Å². The standard InChI is InChI=1S/C25H27N3O3S/c1-19-5-10-23(32(30,31)28-15-3-2-4-16-28)18-24(19)25(29)27-22-8-6-20(7-9-22)17-21-11-13-26-14-12-21/h5-14,18H,2-4,15-17H2,1H3,(H,27,29). The highest BCUT2D eigenvalue weighted by molar-refractivity contribution is 7.89. The van der Waals surface area contributed by atoms with Crippen molar-refractivity contribution < 1.29 is 13.2 Å². The second-order valence-electron chi connectivity index (χ2n) is 8.12. The number of benzene rings is 2. The van der Waals surface area contributed by atoms with Crippen molar-refractivity contribution in [3.05, 3.63) is 89.2 Å². The lowest BCUT2D eigenvalue weighted by Crippen LogP contribution is -2.35. The molecule has 1 N–H and O–H groups in total. The fourth-order valence-electron chi connectivity index (χ4n) is 3.90. The minimum absolute atomic E-state index is 0.169. The van der Waals surface area contributed by atoms with Gasteiger partial charge in [-0.25, -0.2) is 8.42 Å². The molecule has 4 rings (SSSR count). The van der Waals surface area contributed by atoms with Crippen LogP contribution < -0.4 is 5.32 Å². The Hall–Kier alpha value is -3.03. The maximum absolute atomic E-state index is 13.0. The fourth-order valence-corrected chi connectivity index (χ4v) is 5.45. The summed E-state index contributed by atoms with van der Waals surface area (Å²) in [6.45, 7) is 2.87. The molecule has 0 atom stereocenters. The zero-order valence-electron chi connectivity index (χ0n) is 18.1. The Morgan fingerprint density at radius 2 is 1.59 bits per heavy atom. The average molecular weight is 450 g/mol. The van der Waals surface area contributed by atoms with E-state index in [1.165, 1.54) is 15.9 Å². The molecule has 3 aromatic rings. The Morgan fingerprint density at radius 3 is 2.28 bits per heavy atom. The van der Waals surface area contributed by atoms with E-state index >= 15 is 0 Å². The summed E-state index contributed by atoms with van der Waals surface area (Å²) in [6.07, 6.45) is 7.12. The number of amides is 1. The quantitative estimate of drug-likeness (QED) is 0.605. The first-order valence-corrected chi connectivity index (χ1v) is 12.3. The number of nitrogens with one attached hydrogen (secondary N) is 1. The van der Waals surface area contributed by atoms with Crippen LogP contribution in [0.2, 0.25) is 0 Å². The van der Waals surface area contributed by atoms with Crippen LogP contribution in [0.5, 0.6) is 0 Å². The third-order valence-corrected chi connectivity index (χ3v) is 7.67. The van der Waals surface area contributed by atoms with Crippen molar-refractivity contribution >= 4 is 21.6 Å². The van der Waals surface area contributed by atoms with E-state index in [4.69, 9.17) is 0 Å². The number of rotatable bonds is 6. The number of pyridine rings is 1. The van der Waals surface area contributed by atoms with Gasteiger partial charge in [-0.3, -0.25) is 9.78 Å². The molecule has 32 heavy (non-hydrogen) atoms. The van der Waals surface area contributed by atoms with Gasteiger partial charge in [-0.05, 0) is 79.3 Å². The van der Waals surface area contributed by atoms with E-state index in [0.717, 1.165) is 36.8 Å². The van der Waals surface area contributed by atoms with E-state index in [9.17, 15) is 13.2 Å². The number of carbonyl (C=O) groups is 1. The normalized spacial score (nSPS) is 14.8. The van der Waals surface area contributed by atoms with Gasteiger partial charge < -0.3 is 5.32 Å². The molecule has 1 fully saturated rings. The third-order valence-electron chi connectivity index (χ3n) is 5.78. The van der Waals surface area contributed by atoms with Crippen LogP contribution >= 0.6 is 0 Å². The number of carbonyl (C=O) groups excluding carboxylic acids is 1. The van der Waals surface area contributed by atoms with E-state index in [2.05, 4.69) is 10.3 Å². The fraction of sp³-hybridized carbons (Fsp3) is 0.280. The van der Waals surface area contributed by atoms with Crippen LogP contribution in [0.1, 0.15) is 46.3 Å². The van der Waals surface area contributed by atoms with Crippen LogP contribution in [0, 0.1) is 6.92 Å². The Morgan fingerprint density at radius 1 is 0.938 bits per heavy atom. The summed E-state index contributed by atoms with van der Waals surface area (Å²) in [6, 6.07) is 16.4. The van der Waals surface area contributed by atoms with Crippen LogP contribution in [0.15, 0.2) is 71.9 Å². The van der Waals surface area contributed by atoms with Crippen molar-refractivity contribution in [3.8, 4) is 0 Å². The maximum Gasteiger partial charge on any atom is 0.255 e. The highest BCUT2D eigenvalue weighted by Crippen LogP contribution is 2.23. The lowest BCUT2D eigenvalue weighted by Gasteiger charge is -2.26. The Labute approximate surface area is 189 Å². The number of aryl methyl sites for hydroxylation is 1. The minimum atomic E-state index is -3.59. The lowest BCUT2D eigenvalue weighted by molar-refractivity contribution is 0.102. The van der Waals surface area contributed by atoms with Crippen LogP contribution in [0.25, 0.3) is 0 Å². The Bertz CT molecular complexity index is 1190. The molecule has 1 amide bonds. The molecule has 166 valence electrons. The molecule has 6 nitrogen and oxygen atoms in total. The molecule has 0 saturated carbocycles. The van der Waals surface area contributed by atoms with Gasteiger partial charge in [0.2, 0.25) is 10.0 Å². The molecule has 7 heteroatoms. The summed E-state index contributed by atoms with van der Waals surface area (Å²) >= 11 is 0. The van der Waals surface area contributed by atoms with Crippen LogP contribution in [-0.2, 0) is 16.4 Å². The van der Waals surface area contributed by atoms with Gasteiger partial charge >= 0.3 is 0 Å². The van der Waals surface area contributed by atoms with E-state index in [-0.39, 0.29) is 10.8 Å². The summed E-state index contributed by atoms with van der Waals surface area (Å²) in [5.41, 5.74) is 4.05. The number of piperidine rings is 1. The van der Waals surface area contributed by atoms with Gasteiger partial charge in [-0.2, -0.15) is 4.31 Å². The first-order chi connectivity index (χ1) is 15.4. The Balaban J connectivity index is 1.49. The van der Waals surface area contributed by atoms with Crippen LogP contribution in [0.4, 0.5) is 5.69 Å². The van der Waals surface area contributed by atoms with Gasteiger partial charge in [0.15, 0.2) is 0 Å². The van der Waals surface area contributed by atoms with Crippen molar-refractivity contribution in [2.24, 2.45) is 0 Å². The lowest BCUT2D eigenvalue weighted by atomic mass is 10.1. The molecular formula is C25H27N3O3S. The molecule has 2 heterocycles. The van der Waals surface area contributed by atoms with Gasteiger partial charge in [0.05, 0.1) is 4.90 Å². The SMILES string of the molecule is Cc1ccc(S(=O)(=O)N2CCCCC2)cc1C(=O)Nc1ccc(Cc2ccncc2)cc1. The van der Waals surface area contributed by atoms with Crippen molar-refractivity contribution in [3.63, 3.8) is 0 Å². The summed E-state index contributed by atoms with van der Waals surface area (Å²) in [4.78, 5) is 17.1. The first kappa shape index (κ1) is 22.2. The minimum Gasteiger partial charge on any atom is -0.322 e. The van der Waals surface area contributed by atoms with Crippen molar-refractivity contribution in [2.45, 2.75) is 37.5 Å². The van der Waals surface area contributed by atoms with Crippen LogP contribution in [0.3, 0.4) is 0 Å². The predicted octanol–water partition coefficient (Wildman–Crippen LogP) is 4.41. The largest absolute Gasteiger partial charge is 0.322 e. The van der Waals surface area contributed by atoms with Gasteiger partial charge in [0.1, 0.15) is 0 Å². The molecule has 1 aliphatic heterocycles. The number of aromatic nitrogens is 1. The van der Waals surface area contributed by atoms with Gasteiger partial charge in [0, 0.05) is 36.7 Å². The third kappa shape index (κ3) is 5.06. The topological polar surface area (TPSA) is 79.4 Å². The average Bonchev–Trinajstić information content (AvgIpc) is 2.82. The maximum atomic E-state index is 13.0. The van der Waals surface area contributed by atoms with E-state index < -0.39 is 10.0 Å². The van der Waals surface area contributed by atoms with Crippen molar-refractivity contribution in [1.82, 2.24) is 9.29 Å². The Kier molecular flexibility index (Phi) is 6.67. The number of hydrogen-bond donors (Lipinski definition) is 1. The molecule has 1 aliphatic rings. The van der Waals surface area contributed by atoms with E-state index in [0.29, 0.717) is 24.3 Å². The molecule has 0 aliphatic carbocycles. The zero-order valence-corrected chi connectivity index (χ0v) is 18.9. The highest BCUT2D eigenvalue weighted by Gasteiger charge is 2.27. The second kappa shape index (κ2) is 9.63.